The molecule has 0 atom stereocenters. The predicted octanol–water partition coefficient (Wildman–Crippen LogP) is 3.76. The highest BCUT2D eigenvalue weighted by atomic mass is 35.5. The Kier molecular flexibility index (Phi) is 3.77. The Morgan fingerprint density at radius 2 is 1.94 bits per heavy atom. The van der Waals surface area contributed by atoms with Gasteiger partial charge < -0.3 is 5.32 Å². The molecule has 0 saturated heterocycles. The number of benzene rings is 1. The van der Waals surface area contributed by atoms with Crippen LogP contribution in [-0.4, -0.2) is 16.2 Å². The number of hydrogen-bond acceptors (Lipinski definition) is 3. The highest BCUT2D eigenvalue weighted by Crippen LogP contribution is 2.23. The van der Waals surface area contributed by atoms with Gasteiger partial charge in [0.25, 0.3) is 0 Å². The van der Waals surface area contributed by atoms with Crippen molar-refractivity contribution < 1.29 is 4.39 Å². The lowest BCUT2D eigenvalue weighted by atomic mass is 10.1. The molecule has 3 nitrogen and oxygen atoms in total. The average Bonchev–Trinajstić information content (AvgIpc) is 2.33. The molecule has 2 rings (SSSR count). The predicted molar refractivity (Wildman–Crippen MR) is 71.2 cm³/mol. The summed E-state index contributed by atoms with van der Waals surface area (Å²) in [5.41, 5.74) is 1.40. The highest BCUT2D eigenvalue weighted by molar-refractivity contribution is 6.31. The smallest absolute Gasteiger partial charge is 0.148 e. The van der Waals surface area contributed by atoms with Gasteiger partial charge in [-0.05, 0) is 44.2 Å². The Morgan fingerprint density at radius 3 is 2.50 bits per heavy atom. The third-order valence-corrected chi connectivity index (χ3v) is 2.61. The van der Waals surface area contributed by atoms with Gasteiger partial charge in [-0.15, -0.1) is 10.2 Å². The van der Waals surface area contributed by atoms with Crippen molar-refractivity contribution in [2.45, 2.75) is 19.9 Å². The number of anilines is 1. The van der Waals surface area contributed by atoms with Crippen LogP contribution in [0.4, 0.5) is 10.2 Å². The van der Waals surface area contributed by atoms with Crippen LogP contribution >= 0.6 is 11.6 Å². The van der Waals surface area contributed by atoms with Crippen LogP contribution in [0.3, 0.4) is 0 Å². The third kappa shape index (κ3) is 2.96. The second kappa shape index (κ2) is 5.31. The van der Waals surface area contributed by atoms with Crippen LogP contribution < -0.4 is 5.32 Å². The fourth-order valence-electron chi connectivity index (χ4n) is 1.51. The summed E-state index contributed by atoms with van der Waals surface area (Å²) in [4.78, 5) is 0. The number of rotatable bonds is 3. The van der Waals surface area contributed by atoms with E-state index in [1.54, 1.807) is 6.07 Å². The van der Waals surface area contributed by atoms with Crippen LogP contribution in [-0.2, 0) is 0 Å². The van der Waals surface area contributed by atoms with Gasteiger partial charge in [-0.1, -0.05) is 11.6 Å². The largest absolute Gasteiger partial charge is 0.366 e. The first-order valence-corrected chi connectivity index (χ1v) is 6.00. The highest BCUT2D eigenvalue weighted by Gasteiger charge is 2.05. The van der Waals surface area contributed by atoms with Gasteiger partial charge in [0.15, 0.2) is 0 Å². The minimum absolute atomic E-state index is 0.0821. The topological polar surface area (TPSA) is 37.8 Å². The second-order valence-corrected chi connectivity index (χ2v) is 4.64. The first kappa shape index (κ1) is 12.8. The summed E-state index contributed by atoms with van der Waals surface area (Å²) in [5.74, 6) is 0.272. The van der Waals surface area contributed by atoms with E-state index >= 15 is 0 Å². The Morgan fingerprint density at radius 1 is 1.17 bits per heavy atom. The van der Waals surface area contributed by atoms with Crippen LogP contribution in [0.2, 0.25) is 5.02 Å². The summed E-state index contributed by atoms with van der Waals surface area (Å²) in [5, 5.41) is 11.4. The molecule has 0 aliphatic carbocycles. The minimum Gasteiger partial charge on any atom is -0.366 e. The number of halogens is 2. The van der Waals surface area contributed by atoms with Crippen molar-refractivity contribution >= 4 is 17.4 Å². The third-order valence-electron chi connectivity index (χ3n) is 2.32. The Balaban J connectivity index is 2.25. The maximum atomic E-state index is 13.0. The molecule has 94 valence electrons. The molecule has 1 aromatic carbocycles. The Labute approximate surface area is 110 Å². The lowest BCUT2D eigenvalue weighted by molar-refractivity contribution is 0.628. The molecule has 0 radical (unpaired) electrons. The Hall–Kier alpha value is -1.68. The molecule has 0 aliphatic rings. The lowest BCUT2D eigenvalue weighted by Gasteiger charge is -2.08. The van der Waals surface area contributed by atoms with Crippen molar-refractivity contribution in [3.8, 4) is 11.3 Å². The van der Waals surface area contributed by atoms with Gasteiger partial charge in [0.05, 0.1) is 10.7 Å². The van der Waals surface area contributed by atoms with Crippen molar-refractivity contribution in [1.29, 1.82) is 0 Å². The second-order valence-electron chi connectivity index (χ2n) is 4.23. The molecule has 0 amide bonds. The minimum atomic E-state index is -0.438. The first-order chi connectivity index (χ1) is 8.56. The molecule has 1 heterocycles. The van der Waals surface area contributed by atoms with E-state index in [4.69, 9.17) is 11.6 Å². The van der Waals surface area contributed by atoms with Crippen molar-refractivity contribution in [3.05, 3.63) is 41.2 Å². The SMILES string of the molecule is CC(C)Nc1ccc(-c2ccc(F)c(Cl)c2)nn1. The quantitative estimate of drug-likeness (QED) is 0.918. The van der Waals surface area contributed by atoms with E-state index < -0.39 is 5.82 Å². The van der Waals surface area contributed by atoms with Gasteiger partial charge in [0, 0.05) is 11.6 Å². The van der Waals surface area contributed by atoms with E-state index in [1.807, 2.05) is 26.0 Å². The summed E-state index contributed by atoms with van der Waals surface area (Å²) in [6, 6.07) is 8.43. The fraction of sp³-hybridized carbons (Fsp3) is 0.231. The van der Waals surface area contributed by atoms with E-state index in [0.717, 1.165) is 5.56 Å². The molecule has 0 aliphatic heterocycles. The van der Waals surface area contributed by atoms with E-state index in [1.165, 1.54) is 12.1 Å². The van der Waals surface area contributed by atoms with Crippen LogP contribution in [0, 0.1) is 5.82 Å². The summed E-state index contributed by atoms with van der Waals surface area (Å²) in [6.45, 7) is 4.05. The molecule has 0 bridgehead atoms. The van der Waals surface area contributed by atoms with Gasteiger partial charge in [-0.3, -0.25) is 0 Å². The molecule has 1 N–H and O–H groups in total. The van der Waals surface area contributed by atoms with Gasteiger partial charge in [0.2, 0.25) is 0 Å². The fourth-order valence-corrected chi connectivity index (χ4v) is 1.69. The maximum Gasteiger partial charge on any atom is 0.148 e. The van der Waals surface area contributed by atoms with Crippen LogP contribution in [0.1, 0.15) is 13.8 Å². The molecular weight excluding hydrogens is 253 g/mol. The van der Waals surface area contributed by atoms with E-state index in [2.05, 4.69) is 15.5 Å². The standard InChI is InChI=1S/C13H13ClFN3/c1-8(2)16-13-6-5-12(17-18-13)9-3-4-11(15)10(14)7-9/h3-8H,1-2H3,(H,16,18). The van der Waals surface area contributed by atoms with Gasteiger partial charge in [0.1, 0.15) is 11.6 Å². The normalized spacial score (nSPS) is 10.7. The molecule has 2 aromatic rings. The van der Waals surface area contributed by atoms with Crippen molar-refractivity contribution in [1.82, 2.24) is 10.2 Å². The zero-order valence-corrected chi connectivity index (χ0v) is 10.9. The number of nitrogens with one attached hydrogen (secondary N) is 1. The summed E-state index contributed by atoms with van der Waals surface area (Å²) in [7, 11) is 0. The lowest BCUT2D eigenvalue weighted by Crippen LogP contribution is -2.11. The summed E-state index contributed by atoms with van der Waals surface area (Å²) in [6.07, 6.45) is 0. The molecule has 0 fully saturated rings. The Bertz CT molecular complexity index is 540. The molecule has 0 unspecified atom stereocenters. The number of nitrogens with zero attached hydrogens (tertiary/aromatic N) is 2. The van der Waals surface area contributed by atoms with Crippen molar-refractivity contribution in [2.75, 3.05) is 5.32 Å². The number of aromatic nitrogens is 2. The van der Waals surface area contributed by atoms with Crippen molar-refractivity contribution in [3.63, 3.8) is 0 Å². The first-order valence-electron chi connectivity index (χ1n) is 5.62. The van der Waals surface area contributed by atoms with Crippen molar-refractivity contribution in [2.24, 2.45) is 0 Å². The monoisotopic (exact) mass is 265 g/mol. The van der Waals surface area contributed by atoms with Gasteiger partial charge in [-0.25, -0.2) is 4.39 Å². The van der Waals surface area contributed by atoms with Gasteiger partial charge >= 0.3 is 0 Å². The molecule has 0 spiro atoms. The van der Waals surface area contributed by atoms with Crippen LogP contribution in [0.5, 0.6) is 0 Å². The van der Waals surface area contributed by atoms with Gasteiger partial charge in [-0.2, -0.15) is 0 Å². The van der Waals surface area contributed by atoms with E-state index in [0.29, 0.717) is 17.6 Å². The van der Waals surface area contributed by atoms with E-state index in [9.17, 15) is 4.39 Å². The summed E-state index contributed by atoms with van der Waals surface area (Å²) >= 11 is 5.73. The summed E-state index contributed by atoms with van der Waals surface area (Å²) < 4.78 is 13.0. The van der Waals surface area contributed by atoms with E-state index in [-0.39, 0.29) is 5.02 Å². The molecule has 18 heavy (non-hydrogen) atoms. The maximum absolute atomic E-state index is 13.0. The zero-order valence-electron chi connectivity index (χ0n) is 10.1. The number of hydrogen-bond donors (Lipinski definition) is 1. The molecule has 5 heteroatoms. The molecule has 0 saturated carbocycles. The average molecular weight is 266 g/mol. The van der Waals surface area contributed by atoms with Crippen LogP contribution in [0.15, 0.2) is 30.3 Å². The van der Waals surface area contributed by atoms with Crippen LogP contribution in [0.25, 0.3) is 11.3 Å². The molecular formula is C13H13ClFN3. The zero-order chi connectivity index (χ0) is 13.1. The molecule has 1 aromatic heterocycles.